The number of carbonyl (C=O) groups is 3. The molecule has 0 spiro atoms. The molecule has 0 atom stereocenters. The van der Waals surface area contributed by atoms with E-state index in [1.807, 2.05) is 25.4 Å². The minimum Gasteiger partial charge on any atom is -0.370 e. The zero-order valence-electron chi connectivity index (χ0n) is 33.0. The third-order valence-corrected chi connectivity index (χ3v) is 12.8. The van der Waals surface area contributed by atoms with Crippen LogP contribution in [0.4, 0.5) is 33.8 Å². The maximum Gasteiger partial charge on any atom is 0.329 e. The van der Waals surface area contributed by atoms with Gasteiger partial charge in [-0.25, -0.2) is 14.8 Å². The molecule has 1 saturated carbocycles. The molecule has 0 bridgehead atoms. The first-order valence-electron chi connectivity index (χ1n) is 20.2. The van der Waals surface area contributed by atoms with Gasteiger partial charge in [0.2, 0.25) is 11.9 Å². The van der Waals surface area contributed by atoms with E-state index < -0.39 is 6.03 Å². The lowest BCUT2D eigenvalue weighted by Crippen LogP contribution is -2.53. The molecule has 1 aliphatic carbocycles. The van der Waals surface area contributed by atoms with Crippen molar-refractivity contribution in [3.8, 4) is 0 Å². The van der Waals surface area contributed by atoms with E-state index in [0.29, 0.717) is 45.2 Å². The lowest BCUT2D eigenvalue weighted by Gasteiger charge is -2.44. The van der Waals surface area contributed by atoms with Crippen molar-refractivity contribution in [3.05, 3.63) is 63.2 Å². The number of nitrogens with one attached hydrogen (secondary N) is 2. The van der Waals surface area contributed by atoms with Gasteiger partial charge in [0.15, 0.2) is 11.6 Å². The van der Waals surface area contributed by atoms with Crippen LogP contribution < -0.4 is 30.9 Å². The summed E-state index contributed by atoms with van der Waals surface area (Å²) in [5.74, 6) is 0.941. The fourth-order valence-corrected chi connectivity index (χ4v) is 9.63. The Morgan fingerprint density at radius 2 is 1.64 bits per heavy atom. The number of aromatic nitrogens is 6. The van der Waals surface area contributed by atoms with Gasteiger partial charge in [0.05, 0.1) is 33.7 Å². The number of pyridine rings is 2. The van der Waals surface area contributed by atoms with Crippen LogP contribution in [-0.2, 0) is 11.8 Å². The summed E-state index contributed by atoms with van der Waals surface area (Å²) in [6.45, 7) is 8.95. The number of Topliss-reactive ketones (excluding diaryl/α,β-unsaturated/α-hetero) is 1. The average molecular weight is 807 g/mol. The maximum absolute atomic E-state index is 13.6. The second-order valence-corrected chi connectivity index (χ2v) is 16.3. The number of hydrogen-bond acceptors (Lipinski definition) is 12. The number of nitrogens with zero attached hydrogens (tertiary/aromatic N) is 10. The lowest BCUT2D eigenvalue weighted by atomic mass is 10.0. The van der Waals surface area contributed by atoms with E-state index in [1.54, 1.807) is 22.4 Å². The summed E-state index contributed by atoms with van der Waals surface area (Å²) in [6, 6.07) is 7.99. The van der Waals surface area contributed by atoms with E-state index in [1.165, 1.54) is 11.8 Å². The van der Waals surface area contributed by atoms with Gasteiger partial charge in [-0.1, -0.05) is 24.4 Å². The largest absolute Gasteiger partial charge is 0.370 e. The molecule has 4 aromatic heterocycles. The maximum atomic E-state index is 13.6. The Balaban J connectivity index is 0.815. The Morgan fingerprint density at radius 1 is 0.879 bits per heavy atom. The van der Waals surface area contributed by atoms with Gasteiger partial charge < -0.3 is 15.1 Å². The zero-order valence-corrected chi connectivity index (χ0v) is 33.8. The molecule has 7 heterocycles. The van der Waals surface area contributed by atoms with Gasteiger partial charge in [0.25, 0.3) is 5.56 Å². The van der Waals surface area contributed by atoms with Crippen LogP contribution in [0.5, 0.6) is 0 Å². The number of urea groups is 1. The highest BCUT2D eigenvalue weighted by molar-refractivity contribution is 6.34. The van der Waals surface area contributed by atoms with Crippen LogP contribution in [0.1, 0.15) is 73.8 Å². The highest BCUT2D eigenvalue weighted by Crippen LogP contribution is 2.37. The Kier molecular flexibility index (Phi) is 10.00. The highest BCUT2D eigenvalue weighted by atomic mass is 35.5. The second kappa shape index (κ2) is 15.3. The number of hydrogen-bond donors (Lipinski definition) is 2. The predicted molar refractivity (Wildman–Crippen MR) is 224 cm³/mol. The molecule has 1 aromatic carbocycles. The van der Waals surface area contributed by atoms with Crippen molar-refractivity contribution in [2.45, 2.75) is 70.9 Å². The number of piperazine rings is 1. The number of fused-ring (bicyclic) bond motifs is 2. The van der Waals surface area contributed by atoms with Gasteiger partial charge in [0.1, 0.15) is 11.5 Å². The van der Waals surface area contributed by atoms with Crippen LogP contribution in [0.25, 0.3) is 21.9 Å². The number of imide groups is 1. The number of halogens is 1. The van der Waals surface area contributed by atoms with Crippen molar-refractivity contribution in [1.82, 2.24) is 39.5 Å². The number of aryl methyl sites for hydroxylation is 2. The molecule has 17 heteroatoms. The van der Waals surface area contributed by atoms with Crippen LogP contribution in [-0.4, -0.2) is 104 Å². The number of amides is 3. The normalized spacial score (nSPS) is 18.8. The van der Waals surface area contributed by atoms with Crippen molar-refractivity contribution in [3.63, 3.8) is 0 Å². The van der Waals surface area contributed by atoms with E-state index in [9.17, 15) is 19.2 Å². The lowest BCUT2D eigenvalue weighted by molar-refractivity contribution is -0.120. The number of benzene rings is 1. The first kappa shape index (κ1) is 37.9. The third kappa shape index (κ3) is 6.91. The third-order valence-electron chi connectivity index (χ3n) is 12.4. The SMILES string of the molecule is CC(=O)c1c(C)c2cnc(Nc3ccc(N4CCC(N5CCN(c6cc7c(cc6Cl)c(N6CCC(=O)NC6=O)nn7C)CC5)CC4)cn3)nc2n(C2CCCC2)c1=O. The van der Waals surface area contributed by atoms with Crippen LogP contribution in [0, 0.1) is 6.92 Å². The van der Waals surface area contributed by atoms with Crippen molar-refractivity contribution < 1.29 is 14.4 Å². The smallest absolute Gasteiger partial charge is 0.329 e. The number of ketones is 1. The standard InChI is InChI=1S/C41H47ClN12O4/c1-24-30-23-44-40(47-37(30)54(27-6-4-5-7-27)39(57)36(24)25(2)55)45-34-9-8-28(22-43-34)50-13-10-26(11-14-50)51-16-18-52(19-17-51)33-21-32-29(20-31(33)42)38(48-49(32)3)53-15-12-35(56)46-41(53)58/h8-9,20-23,26-27H,4-7,10-19H2,1-3H3,(H,46,56,58)(H,43,44,45,47). The second-order valence-electron chi connectivity index (χ2n) is 15.9. The Morgan fingerprint density at radius 3 is 2.33 bits per heavy atom. The molecule has 9 rings (SSSR count). The fraction of sp³-hybridized carbons (Fsp3) is 0.463. The molecule has 0 unspecified atom stereocenters. The number of anilines is 5. The van der Waals surface area contributed by atoms with Crippen molar-refractivity contribution in [1.29, 1.82) is 0 Å². The van der Waals surface area contributed by atoms with E-state index in [4.69, 9.17) is 21.6 Å². The summed E-state index contributed by atoms with van der Waals surface area (Å²) < 4.78 is 3.49. The summed E-state index contributed by atoms with van der Waals surface area (Å²) in [6.07, 6.45) is 9.78. The number of rotatable bonds is 8. The summed E-state index contributed by atoms with van der Waals surface area (Å²) in [7, 11) is 1.86. The van der Waals surface area contributed by atoms with Crippen LogP contribution in [0.2, 0.25) is 5.02 Å². The minimum absolute atomic E-state index is 0.0130. The van der Waals surface area contributed by atoms with Crippen LogP contribution in [0.3, 0.4) is 0 Å². The van der Waals surface area contributed by atoms with E-state index >= 15 is 0 Å². The predicted octanol–water partition coefficient (Wildman–Crippen LogP) is 5.33. The first-order chi connectivity index (χ1) is 28.0. The molecule has 302 valence electrons. The van der Waals surface area contributed by atoms with Gasteiger partial charge in [-0.15, -0.1) is 0 Å². The minimum atomic E-state index is -0.468. The zero-order chi connectivity index (χ0) is 40.2. The summed E-state index contributed by atoms with van der Waals surface area (Å²) >= 11 is 6.89. The Labute approximate surface area is 340 Å². The molecule has 5 aromatic rings. The number of piperidine rings is 1. The van der Waals surface area contributed by atoms with Crippen LogP contribution in [0.15, 0.2) is 41.5 Å². The van der Waals surface area contributed by atoms with Gasteiger partial charge in [-0.3, -0.25) is 38.7 Å². The first-order valence-corrected chi connectivity index (χ1v) is 20.6. The van der Waals surface area contributed by atoms with Gasteiger partial charge in [-0.2, -0.15) is 10.1 Å². The molecule has 3 saturated heterocycles. The van der Waals surface area contributed by atoms with Crippen molar-refractivity contribution in [2.24, 2.45) is 7.05 Å². The fourth-order valence-electron chi connectivity index (χ4n) is 9.34. The van der Waals surface area contributed by atoms with Crippen molar-refractivity contribution >= 4 is 80.2 Å². The number of carbonyl (C=O) groups excluding carboxylic acids is 3. The van der Waals surface area contributed by atoms with Gasteiger partial charge >= 0.3 is 6.03 Å². The summed E-state index contributed by atoms with van der Waals surface area (Å²) in [4.78, 5) is 73.2. The molecule has 4 fully saturated rings. The van der Waals surface area contributed by atoms with Gasteiger partial charge in [0, 0.05) is 88.3 Å². The molecular weight excluding hydrogens is 760 g/mol. The van der Waals surface area contributed by atoms with E-state index in [2.05, 4.69) is 47.5 Å². The summed E-state index contributed by atoms with van der Waals surface area (Å²) in [5, 5.41) is 12.3. The topological polar surface area (TPSA) is 167 Å². The monoisotopic (exact) mass is 806 g/mol. The molecular formula is C41H47ClN12O4. The molecule has 4 aliphatic rings. The highest BCUT2D eigenvalue weighted by Gasteiger charge is 2.32. The van der Waals surface area contributed by atoms with E-state index in [-0.39, 0.29) is 41.8 Å². The molecule has 3 amide bonds. The molecule has 2 N–H and O–H groups in total. The summed E-state index contributed by atoms with van der Waals surface area (Å²) in [5.41, 5.74) is 4.01. The van der Waals surface area contributed by atoms with Crippen molar-refractivity contribution in [2.75, 3.05) is 65.8 Å². The Bertz CT molecular complexity index is 2500. The quantitative estimate of drug-likeness (QED) is 0.194. The average Bonchev–Trinajstić information content (AvgIpc) is 3.86. The molecule has 16 nitrogen and oxygen atoms in total. The van der Waals surface area contributed by atoms with Crippen LogP contribution >= 0.6 is 11.6 Å². The molecule has 3 aliphatic heterocycles. The molecule has 0 radical (unpaired) electrons. The van der Waals surface area contributed by atoms with Gasteiger partial charge in [-0.05, 0) is 69.4 Å². The Hall–Kier alpha value is -5.61. The van der Waals surface area contributed by atoms with E-state index in [0.717, 1.165) is 100 Å². The molecule has 58 heavy (non-hydrogen) atoms.